The number of rotatable bonds is 5. The number of carbonyl (C=O) groups is 1. The lowest BCUT2D eigenvalue weighted by Gasteiger charge is -2.07. The van der Waals surface area contributed by atoms with Crippen molar-refractivity contribution in [1.29, 1.82) is 0 Å². The molecule has 1 heterocycles. The molecule has 116 valence electrons. The highest BCUT2D eigenvalue weighted by Crippen LogP contribution is 2.20. The number of nitrogens with one attached hydrogen (secondary N) is 2. The standard InChI is InChI=1S/C18H16FN3O/c19-15-7-4-13(5-8-15)6-9-18(23)22-16-3-1-2-14(10-16)17-11-20-12-21-17/h1-5,7-8,10-12H,6,9H2,(H,20,21)(H,22,23). The maximum atomic E-state index is 12.8. The molecule has 2 N–H and O–H groups in total. The Hall–Kier alpha value is -2.95. The quantitative estimate of drug-likeness (QED) is 0.753. The second kappa shape index (κ2) is 6.87. The number of amides is 1. The molecule has 0 radical (unpaired) electrons. The largest absolute Gasteiger partial charge is 0.345 e. The minimum atomic E-state index is -0.270. The van der Waals surface area contributed by atoms with Gasteiger partial charge in [0.05, 0.1) is 18.2 Å². The van der Waals surface area contributed by atoms with Crippen LogP contribution in [0.3, 0.4) is 0 Å². The van der Waals surface area contributed by atoms with E-state index in [0.717, 1.165) is 22.5 Å². The fourth-order valence-electron chi connectivity index (χ4n) is 2.31. The summed E-state index contributed by atoms with van der Waals surface area (Å²) in [6.07, 6.45) is 4.27. The van der Waals surface area contributed by atoms with Gasteiger partial charge in [-0.15, -0.1) is 0 Å². The van der Waals surface area contributed by atoms with Gasteiger partial charge in [0.25, 0.3) is 0 Å². The van der Waals surface area contributed by atoms with Gasteiger partial charge in [0.15, 0.2) is 0 Å². The fraction of sp³-hybridized carbons (Fsp3) is 0.111. The van der Waals surface area contributed by atoms with Gasteiger partial charge in [-0.1, -0.05) is 24.3 Å². The second-order valence-electron chi connectivity index (χ2n) is 5.22. The molecule has 0 fully saturated rings. The number of hydrogen-bond acceptors (Lipinski definition) is 2. The molecular weight excluding hydrogens is 293 g/mol. The third kappa shape index (κ3) is 4.03. The van der Waals surface area contributed by atoms with Crippen molar-refractivity contribution in [3.05, 3.63) is 72.4 Å². The van der Waals surface area contributed by atoms with E-state index in [9.17, 15) is 9.18 Å². The minimum absolute atomic E-state index is 0.0731. The van der Waals surface area contributed by atoms with Crippen molar-refractivity contribution in [3.8, 4) is 11.3 Å². The van der Waals surface area contributed by atoms with Crippen LogP contribution in [-0.4, -0.2) is 15.9 Å². The van der Waals surface area contributed by atoms with Crippen LogP contribution in [0.2, 0.25) is 0 Å². The van der Waals surface area contributed by atoms with Crippen LogP contribution in [0.5, 0.6) is 0 Å². The van der Waals surface area contributed by atoms with Gasteiger partial charge in [0, 0.05) is 17.7 Å². The van der Waals surface area contributed by atoms with Crippen LogP contribution in [0.15, 0.2) is 61.1 Å². The number of H-pyrrole nitrogens is 1. The number of halogens is 1. The molecule has 0 bridgehead atoms. The zero-order valence-electron chi connectivity index (χ0n) is 12.4. The number of aromatic amines is 1. The summed E-state index contributed by atoms with van der Waals surface area (Å²) in [5.41, 5.74) is 3.53. The summed E-state index contributed by atoms with van der Waals surface area (Å²) >= 11 is 0. The van der Waals surface area contributed by atoms with Crippen molar-refractivity contribution < 1.29 is 9.18 Å². The minimum Gasteiger partial charge on any atom is -0.345 e. The normalized spacial score (nSPS) is 10.5. The van der Waals surface area contributed by atoms with Gasteiger partial charge in [0.1, 0.15) is 5.82 Å². The molecule has 0 spiro atoms. The molecule has 0 unspecified atom stereocenters. The van der Waals surface area contributed by atoms with Gasteiger partial charge < -0.3 is 10.3 Å². The number of aryl methyl sites for hydroxylation is 1. The van der Waals surface area contributed by atoms with E-state index < -0.39 is 0 Å². The molecule has 23 heavy (non-hydrogen) atoms. The highest BCUT2D eigenvalue weighted by Gasteiger charge is 2.05. The first kappa shape index (κ1) is 15.0. The Morgan fingerprint density at radius 1 is 1.17 bits per heavy atom. The Kier molecular flexibility index (Phi) is 4.47. The van der Waals surface area contributed by atoms with E-state index in [4.69, 9.17) is 0 Å². The summed E-state index contributed by atoms with van der Waals surface area (Å²) < 4.78 is 12.8. The van der Waals surface area contributed by atoms with Crippen LogP contribution < -0.4 is 5.32 Å². The first-order valence-electron chi connectivity index (χ1n) is 7.34. The van der Waals surface area contributed by atoms with Gasteiger partial charge in [-0.25, -0.2) is 9.37 Å². The Labute approximate surface area is 133 Å². The molecular formula is C18H16FN3O. The van der Waals surface area contributed by atoms with E-state index in [0.29, 0.717) is 12.8 Å². The van der Waals surface area contributed by atoms with E-state index in [2.05, 4.69) is 15.3 Å². The van der Waals surface area contributed by atoms with Crippen LogP contribution >= 0.6 is 0 Å². The lowest BCUT2D eigenvalue weighted by atomic mass is 10.1. The number of nitrogens with zero attached hydrogens (tertiary/aromatic N) is 1. The predicted molar refractivity (Wildman–Crippen MR) is 87.4 cm³/mol. The molecule has 5 heteroatoms. The molecule has 1 amide bonds. The third-order valence-corrected chi connectivity index (χ3v) is 3.51. The van der Waals surface area contributed by atoms with E-state index in [1.807, 2.05) is 24.3 Å². The first-order valence-corrected chi connectivity index (χ1v) is 7.34. The molecule has 0 aliphatic carbocycles. The highest BCUT2D eigenvalue weighted by atomic mass is 19.1. The van der Waals surface area contributed by atoms with Gasteiger partial charge in [-0.05, 0) is 36.2 Å². The number of carbonyl (C=O) groups excluding carboxylic acids is 1. The van der Waals surface area contributed by atoms with Gasteiger partial charge in [-0.3, -0.25) is 4.79 Å². The SMILES string of the molecule is O=C(CCc1ccc(F)cc1)Nc1cccc(-c2cnc[nH]2)c1. The van der Waals surface area contributed by atoms with Crippen molar-refractivity contribution in [3.63, 3.8) is 0 Å². The summed E-state index contributed by atoms with van der Waals surface area (Å²) in [5, 5.41) is 2.88. The van der Waals surface area contributed by atoms with Crippen LogP contribution in [0, 0.1) is 5.82 Å². The number of anilines is 1. The van der Waals surface area contributed by atoms with Gasteiger partial charge in [-0.2, -0.15) is 0 Å². The summed E-state index contributed by atoms with van der Waals surface area (Å²) in [6, 6.07) is 13.8. The number of imidazole rings is 1. The molecule has 3 rings (SSSR count). The Morgan fingerprint density at radius 2 is 2.00 bits per heavy atom. The van der Waals surface area contributed by atoms with E-state index >= 15 is 0 Å². The molecule has 1 aromatic heterocycles. The van der Waals surface area contributed by atoms with Crippen LogP contribution in [0.1, 0.15) is 12.0 Å². The monoisotopic (exact) mass is 309 g/mol. The third-order valence-electron chi connectivity index (χ3n) is 3.51. The van der Waals surface area contributed by atoms with E-state index in [1.165, 1.54) is 12.1 Å². The molecule has 0 saturated carbocycles. The maximum Gasteiger partial charge on any atom is 0.224 e. The smallest absolute Gasteiger partial charge is 0.224 e. The number of benzene rings is 2. The zero-order valence-corrected chi connectivity index (χ0v) is 12.4. The van der Waals surface area contributed by atoms with Gasteiger partial charge >= 0.3 is 0 Å². The Bertz CT molecular complexity index is 782. The Morgan fingerprint density at radius 3 is 2.74 bits per heavy atom. The summed E-state index contributed by atoms with van der Waals surface area (Å²) in [7, 11) is 0. The molecule has 0 saturated heterocycles. The van der Waals surface area contributed by atoms with E-state index in [-0.39, 0.29) is 11.7 Å². The summed E-state index contributed by atoms with van der Waals surface area (Å²) in [6.45, 7) is 0. The molecule has 3 aromatic rings. The molecule has 2 aromatic carbocycles. The molecule has 0 atom stereocenters. The van der Waals surface area contributed by atoms with Crippen molar-refractivity contribution in [2.75, 3.05) is 5.32 Å². The average molecular weight is 309 g/mol. The number of hydrogen-bond donors (Lipinski definition) is 2. The summed E-state index contributed by atoms with van der Waals surface area (Å²) in [4.78, 5) is 19.1. The van der Waals surface area contributed by atoms with E-state index in [1.54, 1.807) is 24.7 Å². The van der Waals surface area contributed by atoms with Crippen LogP contribution in [0.4, 0.5) is 10.1 Å². The Balaban J connectivity index is 1.59. The second-order valence-corrected chi connectivity index (χ2v) is 5.22. The zero-order chi connectivity index (χ0) is 16.1. The van der Waals surface area contributed by atoms with Gasteiger partial charge in [0.2, 0.25) is 5.91 Å². The molecule has 0 aliphatic rings. The van der Waals surface area contributed by atoms with Crippen molar-refractivity contribution in [2.24, 2.45) is 0 Å². The van der Waals surface area contributed by atoms with Crippen LogP contribution in [-0.2, 0) is 11.2 Å². The van der Waals surface area contributed by atoms with Crippen molar-refractivity contribution >= 4 is 11.6 Å². The first-order chi connectivity index (χ1) is 11.2. The maximum absolute atomic E-state index is 12.8. The fourth-order valence-corrected chi connectivity index (χ4v) is 2.31. The summed E-state index contributed by atoms with van der Waals surface area (Å²) in [5.74, 6) is -0.343. The highest BCUT2D eigenvalue weighted by molar-refractivity contribution is 5.91. The predicted octanol–water partition coefficient (Wildman–Crippen LogP) is 3.79. The topological polar surface area (TPSA) is 57.8 Å². The number of aromatic nitrogens is 2. The van der Waals surface area contributed by atoms with Crippen molar-refractivity contribution in [1.82, 2.24) is 9.97 Å². The molecule has 0 aliphatic heterocycles. The van der Waals surface area contributed by atoms with Crippen LogP contribution in [0.25, 0.3) is 11.3 Å². The average Bonchev–Trinajstić information content (AvgIpc) is 3.09. The van der Waals surface area contributed by atoms with Crippen molar-refractivity contribution in [2.45, 2.75) is 12.8 Å². The molecule has 4 nitrogen and oxygen atoms in total. The lowest BCUT2D eigenvalue weighted by Crippen LogP contribution is -2.12. The lowest BCUT2D eigenvalue weighted by molar-refractivity contribution is -0.116.